The molecule has 0 saturated heterocycles. The van der Waals surface area contributed by atoms with E-state index < -0.39 is 5.91 Å². The molecule has 1 atom stereocenters. The molecule has 3 aromatic rings. The lowest BCUT2D eigenvalue weighted by molar-refractivity contribution is 0.0985. The second kappa shape index (κ2) is 6.23. The number of primary amides is 1. The van der Waals surface area contributed by atoms with E-state index >= 15 is 0 Å². The highest BCUT2D eigenvalue weighted by molar-refractivity contribution is 5.95. The van der Waals surface area contributed by atoms with Crippen LogP contribution in [0.3, 0.4) is 0 Å². The fourth-order valence-electron chi connectivity index (χ4n) is 2.76. The van der Waals surface area contributed by atoms with E-state index in [0.717, 1.165) is 16.8 Å². The van der Waals surface area contributed by atoms with Crippen molar-refractivity contribution in [2.45, 2.75) is 13.0 Å². The number of nitrogens with two attached hydrogens (primary N) is 1. The number of carbonyl (C=O) groups is 1. The summed E-state index contributed by atoms with van der Waals surface area (Å²) in [7, 11) is 3.64. The van der Waals surface area contributed by atoms with Crippen molar-refractivity contribution in [2.24, 2.45) is 19.8 Å². The summed E-state index contributed by atoms with van der Waals surface area (Å²) in [5.74, 6) is -0.0527. The summed E-state index contributed by atoms with van der Waals surface area (Å²) in [6.45, 7) is 1.94. The normalized spacial score (nSPS) is 12.1. The van der Waals surface area contributed by atoms with Crippen LogP contribution < -0.4 is 10.5 Å². The molecule has 6 heteroatoms. The van der Waals surface area contributed by atoms with Gasteiger partial charge >= 0.3 is 0 Å². The van der Waals surface area contributed by atoms with Crippen LogP contribution in [0, 0.1) is 0 Å². The van der Waals surface area contributed by atoms with Gasteiger partial charge in [-0.3, -0.25) is 9.48 Å². The van der Waals surface area contributed by atoms with Gasteiger partial charge in [0.1, 0.15) is 11.8 Å². The summed E-state index contributed by atoms with van der Waals surface area (Å²) in [6, 6.07) is 11.7. The molecule has 1 unspecified atom stereocenters. The van der Waals surface area contributed by atoms with Crippen molar-refractivity contribution in [2.75, 3.05) is 0 Å². The van der Waals surface area contributed by atoms with Crippen molar-refractivity contribution in [1.82, 2.24) is 14.3 Å². The SMILES string of the molecule is CC(Oc1cc(-c2cnn(C)c2)n(C)c1C(N)=O)c1ccccc1. The third kappa shape index (κ3) is 2.90. The van der Waals surface area contributed by atoms with Crippen LogP contribution >= 0.6 is 0 Å². The van der Waals surface area contributed by atoms with Crippen LogP contribution in [0.2, 0.25) is 0 Å². The lowest BCUT2D eigenvalue weighted by Crippen LogP contribution is -2.17. The van der Waals surface area contributed by atoms with Crippen molar-refractivity contribution in [3.05, 3.63) is 60.0 Å². The average Bonchev–Trinajstić information content (AvgIpc) is 3.11. The van der Waals surface area contributed by atoms with Crippen LogP contribution in [-0.2, 0) is 14.1 Å². The molecule has 24 heavy (non-hydrogen) atoms. The Hall–Kier alpha value is -3.02. The minimum absolute atomic E-state index is 0.201. The largest absolute Gasteiger partial charge is 0.484 e. The van der Waals surface area contributed by atoms with E-state index in [4.69, 9.17) is 10.5 Å². The van der Waals surface area contributed by atoms with Gasteiger partial charge in [0.15, 0.2) is 5.75 Å². The Morgan fingerprint density at radius 2 is 1.96 bits per heavy atom. The van der Waals surface area contributed by atoms with Crippen LogP contribution in [0.5, 0.6) is 5.75 Å². The van der Waals surface area contributed by atoms with E-state index in [0.29, 0.717) is 11.4 Å². The van der Waals surface area contributed by atoms with Crippen LogP contribution in [0.15, 0.2) is 48.8 Å². The zero-order chi connectivity index (χ0) is 17.3. The molecule has 3 rings (SSSR count). The highest BCUT2D eigenvalue weighted by Gasteiger charge is 2.22. The van der Waals surface area contributed by atoms with Gasteiger partial charge in [-0.05, 0) is 12.5 Å². The van der Waals surface area contributed by atoms with Crippen LogP contribution in [0.1, 0.15) is 29.1 Å². The molecular weight excluding hydrogens is 304 g/mol. The van der Waals surface area contributed by atoms with Crippen LogP contribution in [0.4, 0.5) is 0 Å². The molecular formula is C18H20N4O2. The third-order valence-corrected chi connectivity index (χ3v) is 4.00. The second-order valence-electron chi connectivity index (χ2n) is 5.74. The Morgan fingerprint density at radius 1 is 1.25 bits per heavy atom. The summed E-state index contributed by atoms with van der Waals surface area (Å²) in [4.78, 5) is 11.9. The van der Waals surface area contributed by atoms with Crippen molar-refractivity contribution in [3.8, 4) is 17.0 Å². The maximum Gasteiger partial charge on any atom is 0.269 e. The van der Waals surface area contributed by atoms with Crippen molar-refractivity contribution < 1.29 is 9.53 Å². The van der Waals surface area contributed by atoms with Crippen molar-refractivity contribution >= 4 is 5.91 Å². The Labute approximate surface area is 140 Å². The van der Waals surface area contributed by atoms with E-state index in [1.54, 1.807) is 22.5 Å². The van der Waals surface area contributed by atoms with Crippen molar-refractivity contribution in [3.63, 3.8) is 0 Å². The maximum atomic E-state index is 11.9. The molecule has 2 aromatic heterocycles. The zero-order valence-electron chi connectivity index (χ0n) is 13.9. The molecule has 0 fully saturated rings. The number of nitrogens with zero attached hydrogens (tertiary/aromatic N) is 3. The number of carbonyl (C=O) groups excluding carboxylic acids is 1. The minimum Gasteiger partial charge on any atom is -0.484 e. The van der Waals surface area contributed by atoms with Gasteiger partial charge in [0.2, 0.25) is 0 Å². The van der Waals surface area contributed by atoms with Gasteiger partial charge in [-0.25, -0.2) is 0 Å². The molecule has 6 nitrogen and oxygen atoms in total. The van der Waals surface area contributed by atoms with Gasteiger partial charge in [-0.15, -0.1) is 0 Å². The maximum absolute atomic E-state index is 11.9. The number of ether oxygens (including phenoxy) is 1. The minimum atomic E-state index is -0.525. The second-order valence-corrected chi connectivity index (χ2v) is 5.74. The standard InChI is InChI=1S/C18H20N4O2/c1-12(13-7-5-4-6-8-13)24-16-9-15(14-10-20-21(2)11-14)22(3)17(16)18(19)23/h4-12H,1-3H3,(H2,19,23). The van der Waals surface area contributed by atoms with E-state index in [-0.39, 0.29) is 6.10 Å². The Balaban J connectivity index is 1.99. The topological polar surface area (TPSA) is 75.1 Å². The lowest BCUT2D eigenvalue weighted by atomic mass is 10.1. The molecule has 1 amide bonds. The number of aromatic nitrogens is 3. The lowest BCUT2D eigenvalue weighted by Gasteiger charge is -2.15. The highest BCUT2D eigenvalue weighted by Crippen LogP contribution is 2.32. The van der Waals surface area contributed by atoms with Gasteiger partial charge in [-0.1, -0.05) is 30.3 Å². The molecule has 0 aliphatic heterocycles. The predicted molar refractivity (Wildman–Crippen MR) is 91.6 cm³/mol. The smallest absolute Gasteiger partial charge is 0.269 e. The summed E-state index contributed by atoms with van der Waals surface area (Å²) >= 11 is 0. The van der Waals surface area contributed by atoms with E-state index in [9.17, 15) is 4.79 Å². The van der Waals surface area contributed by atoms with Crippen LogP contribution in [0.25, 0.3) is 11.3 Å². The summed E-state index contributed by atoms with van der Waals surface area (Å²) < 4.78 is 9.48. The molecule has 0 saturated carbocycles. The molecule has 124 valence electrons. The highest BCUT2D eigenvalue weighted by atomic mass is 16.5. The summed E-state index contributed by atoms with van der Waals surface area (Å²) in [5.41, 5.74) is 8.66. The fourth-order valence-corrected chi connectivity index (χ4v) is 2.76. The first-order valence-corrected chi connectivity index (χ1v) is 7.67. The fraction of sp³-hybridized carbons (Fsp3) is 0.222. The summed E-state index contributed by atoms with van der Waals surface area (Å²) in [6.07, 6.45) is 3.42. The number of hydrogen-bond acceptors (Lipinski definition) is 3. The average molecular weight is 324 g/mol. The molecule has 0 spiro atoms. The predicted octanol–water partition coefficient (Wildman–Crippen LogP) is 2.66. The first kappa shape index (κ1) is 15.9. The first-order chi connectivity index (χ1) is 11.5. The molecule has 2 heterocycles. The number of benzene rings is 1. The van der Waals surface area contributed by atoms with Gasteiger partial charge in [-0.2, -0.15) is 5.10 Å². The van der Waals surface area contributed by atoms with E-state index in [1.807, 2.05) is 56.6 Å². The molecule has 0 aliphatic rings. The van der Waals surface area contributed by atoms with E-state index in [2.05, 4.69) is 5.10 Å². The Morgan fingerprint density at radius 3 is 2.54 bits per heavy atom. The van der Waals surface area contributed by atoms with Crippen LogP contribution in [-0.4, -0.2) is 20.3 Å². The number of rotatable bonds is 5. The van der Waals surface area contributed by atoms with Gasteiger partial charge in [0, 0.05) is 31.9 Å². The van der Waals surface area contributed by atoms with E-state index in [1.165, 1.54) is 0 Å². The third-order valence-electron chi connectivity index (χ3n) is 4.00. The number of hydrogen-bond donors (Lipinski definition) is 1. The Kier molecular flexibility index (Phi) is 4.12. The Bertz CT molecular complexity index is 865. The monoisotopic (exact) mass is 324 g/mol. The quantitative estimate of drug-likeness (QED) is 0.784. The van der Waals surface area contributed by atoms with Gasteiger partial charge in [0.05, 0.1) is 11.9 Å². The molecule has 0 aliphatic carbocycles. The molecule has 1 aromatic carbocycles. The summed E-state index contributed by atoms with van der Waals surface area (Å²) in [5, 5.41) is 4.17. The van der Waals surface area contributed by atoms with Crippen molar-refractivity contribution in [1.29, 1.82) is 0 Å². The van der Waals surface area contributed by atoms with Gasteiger partial charge < -0.3 is 15.0 Å². The van der Waals surface area contributed by atoms with Gasteiger partial charge in [0.25, 0.3) is 5.91 Å². The number of aryl methyl sites for hydroxylation is 1. The molecule has 0 radical (unpaired) electrons. The molecule has 0 bridgehead atoms. The first-order valence-electron chi connectivity index (χ1n) is 7.67. The number of amides is 1. The zero-order valence-corrected chi connectivity index (χ0v) is 13.9. The molecule has 2 N–H and O–H groups in total.